The van der Waals surface area contributed by atoms with Gasteiger partial charge in [-0.2, -0.15) is 0 Å². The third-order valence-electron chi connectivity index (χ3n) is 5.05. The van der Waals surface area contributed by atoms with Crippen molar-refractivity contribution < 1.29 is 9.59 Å². The van der Waals surface area contributed by atoms with Crippen LogP contribution >= 0.6 is 0 Å². The summed E-state index contributed by atoms with van der Waals surface area (Å²) in [7, 11) is 0. The molecule has 1 aliphatic carbocycles. The molecule has 3 heteroatoms. The molecule has 21 heavy (non-hydrogen) atoms. The molecule has 3 nitrogen and oxygen atoms in total. The average Bonchev–Trinajstić information content (AvgIpc) is 2.45. The lowest BCUT2D eigenvalue weighted by molar-refractivity contribution is -0.137. The third-order valence-corrected chi connectivity index (χ3v) is 5.05. The highest BCUT2D eigenvalue weighted by molar-refractivity contribution is 5.80. The van der Waals surface area contributed by atoms with Gasteiger partial charge in [0, 0.05) is 31.8 Å². The van der Waals surface area contributed by atoms with Gasteiger partial charge in [-0.1, -0.05) is 26.7 Å². The van der Waals surface area contributed by atoms with E-state index in [1.807, 2.05) is 0 Å². The first-order valence-corrected chi connectivity index (χ1v) is 8.89. The number of ketones is 1. The Hall–Kier alpha value is -0.860. The van der Waals surface area contributed by atoms with Gasteiger partial charge in [0.25, 0.3) is 0 Å². The van der Waals surface area contributed by atoms with Crippen LogP contribution in [-0.4, -0.2) is 29.2 Å². The topological polar surface area (TPSA) is 37.4 Å². The number of rotatable bonds is 6. The summed E-state index contributed by atoms with van der Waals surface area (Å²) in [6.07, 6.45) is 10.1. The van der Waals surface area contributed by atoms with Gasteiger partial charge in [-0.05, 0) is 43.9 Å². The van der Waals surface area contributed by atoms with Crippen LogP contribution in [0.25, 0.3) is 0 Å². The number of hydrogen-bond donors (Lipinski definition) is 0. The summed E-state index contributed by atoms with van der Waals surface area (Å²) >= 11 is 0. The third kappa shape index (κ3) is 4.82. The molecule has 0 aromatic carbocycles. The van der Waals surface area contributed by atoms with Crippen LogP contribution in [-0.2, 0) is 9.59 Å². The van der Waals surface area contributed by atoms with E-state index < -0.39 is 0 Å². The predicted molar refractivity (Wildman–Crippen MR) is 85.0 cm³/mol. The molecule has 1 amide bonds. The van der Waals surface area contributed by atoms with Gasteiger partial charge in [-0.25, -0.2) is 0 Å². The molecule has 120 valence electrons. The van der Waals surface area contributed by atoms with Crippen molar-refractivity contribution in [2.24, 2.45) is 11.8 Å². The summed E-state index contributed by atoms with van der Waals surface area (Å²) < 4.78 is 0. The van der Waals surface area contributed by atoms with Crippen molar-refractivity contribution in [3.8, 4) is 0 Å². The average molecular weight is 293 g/mol. The monoisotopic (exact) mass is 293 g/mol. The Morgan fingerprint density at radius 1 is 1.05 bits per heavy atom. The molecule has 0 N–H and O–H groups in total. The second-order valence-electron chi connectivity index (χ2n) is 7.33. The molecule has 2 fully saturated rings. The zero-order chi connectivity index (χ0) is 15.2. The van der Waals surface area contributed by atoms with E-state index in [-0.39, 0.29) is 0 Å². The van der Waals surface area contributed by atoms with Gasteiger partial charge >= 0.3 is 0 Å². The maximum absolute atomic E-state index is 12.5. The van der Waals surface area contributed by atoms with Gasteiger partial charge in [-0.15, -0.1) is 0 Å². The smallest absolute Gasteiger partial charge is 0.222 e. The Labute approximate surface area is 129 Å². The van der Waals surface area contributed by atoms with E-state index in [1.165, 1.54) is 38.5 Å². The van der Waals surface area contributed by atoms with Crippen molar-refractivity contribution in [2.75, 3.05) is 6.54 Å². The fourth-order valence-corrected chi connectivity index (χ4v) is 4.07. The maximum Gasteiger partial charge on any atom is 0.222 e. The second-order valence-corrected chi connectivity index (χ2v) is 7.33. The molecule has 0 aromatic rings. The molecule has 0 bridgehead atoms. The Morgan fingerprint density at radius 3 is 2.52 bits per heavy atom. The molecule has 2 unspecified atom stereocenters. The fraction of sp³-hybridized carbons (Fsp3) is 0.889. The number of carbonyl (C=O) groups excluding carboxylic acids is 2. The summed E-state index contributed by atoms with van der Waals surface area (Å²) in [5.41, 5.74) is 0. The van der Waals surface area contributed by atoms with Crippen molar-refractivity contribution >= 4 is 11.7 Å². The summed E-state index contributed by atoms with van der Waals surface area (Å²) in [4.78, 5) is 26.3. The van der Waals surface area contributed by atoms with Crippen LogP contribution in [0.1, 0.15) is 78.1 Å². The van der Waals surface area contributed by atoms with Crippen LogP contribution in [0.5, 0.6) is 0 Å². The minimum absolute atomic E-state index is 0.295. The Balaban J connectivity index is 1.75. The number of carbonyl (C=O) groups is 2. The van der Waals surface area contributed by atoms with E-state index in [4.69, 9.17) is 0 Å². The van der Waals surface area contributed by atoms with E-state index in [0.717, 1.165) is 18.9 Å². The predicted octanol–water partition coefficient (Wildman–Crippen LogP) is 3.95. The lowest BCUT2D eigenvalue weighted by atomic mass is 9.78. The molecular weight excluding hydrogens is 262 g/mol. The highest BCUT2D eigenvalue weighted by Gasteiger charge is 2.35. The molecule has 1 aliphatic heterocycles. The van der Waals surface area contributed by atoms with Gasteiger partial charge in [0.2, 0.25) is 5.91 Å². The van der Waals surface area contributed by atoms with Gasteiger partial charge in [-0.3, -0.25) is 9.59 Å². The van der Waals surface area contributed by atoms with Crippen LogP contribution in [0.2, 0.25) is 0 Å². The second kappa shape index (κ2) is 7.95. The number of nitrogens with zero attached hydrogens (tertiary/aromatic N) is 1. The maximum atomic E-state index is 12.5. The quantitative estimate of drug-likeness (QED) is 0.743. The zero-order valence-electron chi connectivity index (χ0n) is 13.8. The molecule has 1 saturated heterocycles. The van der Waals surface area contributed by atoms with Gasteiger partial charge < -0.3 is 4.90 Å². The minimum Gasteiger partial charge on any atom is -0.339 e. The minimum atomic E-state index is 0.295. The molecule has 0 aromatic heterocycles. The summed E-state index contributed by atoms with van der Waals surface area (Å²) in [5, 5.41) is 0. The van der Waals surface area contributed by atoms with E-state index >= 15 is 0 Å². The highest BCUT2D eigenvalue weighted by atomic mass is 16.2. The van der Waals surface area contributed by atoms with Crippen LogP contribution in [0.4, 0.5) is 0 Å². The van der Waals surface area contributed by atoms with Crippen molar-refractivity contribution in [3.63, 3.8) is 0 Å². The van der Waals surface area contributed by atoms with Crippen LogP contribution in [0.15, 0.2) is 0 Å². The number of likely N-dealkylation sites (tertiary alicyclic amines) is 1. The van der Waals surface area contributed by atoms with Crippen molar-refractivity contribution in [3.05, 3.63) is 0 Å². The summed E-state index contributed by atoms with van der Waals surface area (Å²) in [5.74, 6) is 1.79. The van der Waals surface area contributed by atoms with Crippen molar-refractivity contribution in [1.29, 1.82) is 0 Å². The largest absolute Gasteiger partial charge is 0.339 e. The van der Waals surface area contributed by atoms with Gasteiger partial charge in [0.05, 0.1) is 0 Å². The molecular formula is C18H31NO2. The fourth-order valence-electron chi connectivity index (χ4n) is 4.07. The van der Waals surface area contributed by atoms with Gasteiger partial charge in [0.1, 0.15) is 5.78 Å². The summed E-state index contributed by atoms with van der Waals surface area (Å²) in [6.45, 7) is 5.08. The van der Waals surface area contributed by atoms with E-state index in [9.17, 15) is 9.59 Å². The first-order valence-electron chi connectivity index (χ1n) is 8.89. The van der Waals surface area contributed by atoms with Crippen molar-refractivity contribution in [2.45, 2.75) is 84.1 Å². The molecule has 2 rings (SSSR count). The molecule has 2 atom stereocenters. The molecule has 0 spiro atoms. The Morgan fingerprint density at radius 2 is 1.76 bits per heavy atom. The number of amides is 1. The standard InChI is InChI=1S/C18H31NO2/c1-14(2)13-16(20)9-5-11-18(21)19-12-6-8-15-7-3-4-10-17(15)19/h14-15,17H,3-13H2,1-2H3. The van der Waals surface area contributed by atoms with E-state index in [1.54, 1.807) is 0 Å². The van der Waals surface area contributed by atoms with Crippen LogP contribution in [0, 0.1) is 11.8 Å². The van der Waals surface area contributed by atoms with E-state index in [0.29, 0.717) is 42.9 Å². The SMILES string of the molecule is CC(C)CC(=O)CCCC(=O)N1CCCC2CCCCC21. The number of hydrogen-bond acceptors (Lipinski definition) is 2. The first-order chi connectivity index (χ1) is 10.1. The molecule has 1 heterocycles. The van der Waals surface area contributed by atoms with E-state index in [2.05, 4.69) is 18.7 Å². The molecule has 2 aliphatic rings. The molecule has 1 saturated carbocycles. The number of piperidine rings is 1. The lowest BCUT2D eigenvalue weighted by Gasteiger charge is -2.44. The molecule has 0 radical (unpaired) electrons. The first kappa shape index (κ1) is 16.5. The number of Topliss-reactive ketones (excluding diaryl/α,β-unsaturated/α-hetero) is 1. The normalized spacial score (nSPS) is 25.8. The van der Waals surface area contributed by atoms with Gasteiger partial charge in [0.15, 0.2) is 0 Å². The Kier molecular flexibility index (Phi) is 6.25. The van der Waals surface area contributed by atoms with Crippen LogP contribution in [0.3, 0.4) is 0 Å². The highest BCUT2D eigenvalue weighted by Crippen LogP contribution is 2.35. The summed E-state index contributed by atoms with van der Waals surface area (Å²) in [6, 6.07) is 0.506. The van der Waals surface area contributed by atoms with Crippen molar-refractivity contribution in [1.82, 2.24) is 4.90 Å². The lowest BCUT2D eigenvalue weighted by Crippen LogP contribution is -2.49. The number of fused-ring (bicyclic) bond motifs is 1. The van der Waals surface area contributed by atoms with Crippen LogP contribution < -0.4 is 0 Å². The zero-order valence-corrected chi connectivity index (χ0v) is 13.8. The Bertz CT molecular complexity index is 362.